The van der Waals surface area contributed by atoms with Gasteiger partial charge < -0.3 is 19.9 Å². The Bertz CT molecular complexity index is 719. The van der Waals surface area contributed by atoms with Crippen molar-refractivity contribution < 1.29 is 42.1 Å². The Kier molecular flexibility index (Phi) is 9.09. The molecule has 11 heteroatoms. The average Bonchev–Trinajstić information content (AvgIpc) is 2.57. The lowest BCUT2D eigenvalue weighted by molar-refractivity contribution is -0.166. The molecule has 1 atom stereocenters. The van der Waals surface area contributed by atoms with E-state index in [9.17, 15) is 32.7 Å². The molecule has 8 nitrogen and oxygen atoms in total. The molecule has 168 valence electrons. The van der Waals surface area contributed by atoms with Crippen molar-refractivity contribution >= 4 is 18.0 Å². The summed E-state index contributed by atoms with van der Waals surface area (Å²) in [7, 11) is 0. The second-order valence-corrected chi connectivity index (χ2v) is 7.47. The minimum Gasteiger partial charge on any atom is -0.480 e. The number of alkyl halides is 3. The topological polar surface area (TPSA) is 105 Å². The van der Waals surface area contributed by atoms with Gasteiger partial charge >= 0.3 is 24.2 Å². The van der Waals surface area contributed by atoms with Crippen LogP contribution in [-0.2, 0) is 25.7 Å². The number of hydrogen-bond donors (Lipinski definition) is 2. The number of nitrogens with zero attached hydrogens (tertiary/aromatic N) is 1. The third-order valence-corrected chi connectivity index (χ3v) is 3.42. The molecule has 2 N–H and O–H groups in total. The van der Waals surface area contributed by atoms with Gasteiger partial charge in [-0.3, -0.25) is 9.69 Å². The number of ether oxygens (including phenoxy) is 2. The number of carbonyl (C=O) groups excluding carboxylic acids is 2. The number of hydrogen-bond acceptors (Lipinski definition) is 6. The third kappa shape index (κ3) is 11.2. The number of rotatable bonds is 9. The lowest BCUT2D eigenvalue weighted by Gasteiger charge is -2.27. The zero-order chi connectivity index (χ0) is 22.9. The SMILES string of the molecule is CC(C)(C)OC(=O)CN(C[C@H](NC(=O)OCc1ccccc1)C(=O)O)CC(F)(F)F. The molecule has 0 radical (unpaired) electrons. The van der Waals surface area contributed by atoms with E-state index >= 15 is 0 Å². The fourth-order valence-corrected chi connectivity index (χ4v) is 2.35. The van der Waals surface area contributed by atoms with Crippen molar-refractivity contribution in [3.63, 3.8) is 0 Å². The Morgan fingerprint density at radius 1 is 1.13 bits per heavy atom. The summed E-state index contributed by atoms with van der Waals surface area (Å²) >= 11 is 0. The first-order valence-corrected chi connectivity index (χ1v) is 8.96. The normalized spacial score (nSPS) is 12.9. The largest absolute Gasteiger partial charge is 0.480 e. The Hall–Kier alpha value is -2.82. The molecule has 0 bridgehead atoms. The van der Waals surface area contributed by atoms with E-state index in [4.69, 9.17) is 9.47 Å². The molecule has 1 rings (SSSR count). The van der Waals surface area contributed by atoms with E-state index in [0.29, 0.717) is 10.5 Å². The third-order valence-electron chi connectivity index (χ3n) is 3.42. The predicted octanol–water partition coefficient (Wildman–Crippen LogP) is 2.57. The first-order valence-electron chi connectivity index (χ1n) is 8.96. The van der Waals surface area contributed by atoms with Gasteiger partial charge in [0.25, 0.3) is 0 Å². The molecule has 0 aromatic heterocycles. The minimum atomic E-state index is -4.70. The van der Waals surface area contributed by atoms with Crippen LogP contribution < -0.4 is 5.32 Å². The molecule has 0 fully saturated rings. The molecule has 0 aliphatic rings. The van der Waals surface area contributed by atoms with Crippen LogP contribution in [0.1, 0.15) is 26.3 Å². The minimum absolute atomic E-state index is 0.150. The summed E-state index contributed by atoms with van der Waals surface area (Å²) in [5.74, 6) is -2.54. The highest BCUT2D eigenvalue weighted by Gasteiger charge is 2.35. The molecule has 1 aromatic carbocycles. The molecule has 30 heavy (non-hydrogen) atoms. The second kappa shape index (κ2) is 10.8. The lowest BCUT2D eigenvalue weighted by Crippen LogP contribution is -2.51. The summed E-state index contributed by atoms with van der Waals surface area (Å²) < 4.78 is 48.5. The first kappa shape index (κ1) is 25.2. The summed E-state index contributed by atoms with van der Waals surface area (Å²) in [6.07, 6.45) is -5.81. The molecule has 0 heterocycles. The molecule has 0 aliphatic carbocycles. The van der Waals surface area contributed by atoms with Crippen LogP contribution in [0.15, 0.2) is 30.3 Å². The van der Waals surface area contributed by atoms with Crippen LogP contribution in [0, 0.1) is 0 Å². The smallest absolute Gasteiger partial charge is 0.408 e. The number of benzene rings is 1. The monoisotopic (exact) mass is 434 g/mol. The second-order valence-electron chi connectivity index (χ2n) is 7.47. The maximum Gasteiger partial charge on any atom is 0.408 e. The van der Waals surface area contributed by atoms with Crippen molar-refractivity contribution in [1.82, 2.24) is 10.2 Å². The highest BCUT2D eigenvalue weighted by atomic mass is 19.4. The number of nitrogens with one attached hydrogen (secondary N) is 1. The van der Waals surface area contributed by atoms with Crippen LogP contribution >= 0.6 is 0 Å². The summed E-state index contributed by atoms with van der Waals surface area (Å²) in [6.45, 7) is 1.34. The summed E-state index contributed by atoms with van der Waals surface area (Å²) in [5, 5.41) is 11.3. The van der Waals surface area contributed by atoms with Gasteiger partial charge in [0.15, 0.2) is 0 Å². The van der Waals surface area contributed by atoms with Crippen LogP contribution in [-0.4, -0.2) is 65.5 Å². The zero-order valence-electron chi connectivity index (χ0n) is 16.9. The number of alkyl carbamates (subject to hydrolysis) is 1. The van der Waals surface area contributed by atoms with E-state index < -0.39 is 55.5 Å². The quantitative estimate of drug-likeness (QED) is 0.576. The maximum absolute atomic E-state index is 12.9. The van der Waals surface area contributed by atoms with Gasteiger partial charge in [0.1, 0.15) is 18.2 Å². The highest BCUT2D eigenvalue weighted by molar-refractivity contribution is 5.80. The Balaban J connectivity index is 2.75. The van der Waals surface area contributed by atoms with Crippen LogP contribution in [0.3, 0.4) is 0 Å². The molecule has 1 amide bonds. The average molecular weight is 434 g/mol. The van der Waals surface area contributed by atoms with Crippen LogP contribution in [0.5, 0.6) is 0 Å². The van der Waals surface area contributed by atoms with Crippen molar-refractivity contribution in [2.45, 2.75) is 45.2 Å². The molecular formula is C19H25F3N2O6. The number of amides is 1. The van der Waals surface area contributed by atoms with E-state index in [2.05, 4.69) is 0 Å². The van der Waals surface area contributed by atoms with Gasteiger partial charge in [-0.1, -0.05) is 30.3 Å². The Morgan fingerprint density at radius 2 is 1.73 bits per heavy atom. The van der Waals surface area contributed by atoms with Gasteiger partial charge in [-0.25, -0.2) is 9.59 Å². The van der Waals surface area contributed by atoms with Crippen molar-refractivity contribution in [1.29, 1.82) is 0 Å². The number of halogens is 3. The summed E-state index contributed by atoms with van der Waals surface area (Å²) in [5.41, 5.74) is -0.282. The van der Waals surface area contributed by atoms with Crippen LogP contribution in [0.25, 0.3) is 0 Å². The van der Waals surface area contributed by atoms with E-state index in [1.807, 2.05) is 5.32 Å². The van der Waals surface area contributed by atoms with Gasteiger partial charge in [-0.2, -0.15) is 13.2 Å². The predicted molar refractivity (Wildman–Crippen MR) is 99.5 cm³/mol. The maximum atomic E-state index is 12.9. The zero-order valence-corrected chi connectivity index (χ0v) is 16.9. The lowest BCUT2D eigenvalue weighted by atomic mass is 10.2. The summed E-state index contributed by atoms with van der Waals surface area (Å²) in [4.78, 5) is 35.8. The molecule has 0 spiro atoms. The molecule has 1 aromatic rings. The number of esters is 1. The number of carbonyl (C=O) groups is 3. The van der Waals surface area contributed by atoms with Crippen molar-refractivity contribution in [2.75, 3.05) is 19.6 Å². The van der Waals surface area contributed by atoms with Gasteiger partial charge in [0.2, 0.25) is 0 Å². The van der Waals surface area contributed by atoms with Gasteiger partial charge in [0.05, 0.1) is 13.1 Å². The number of carboxylic acid groups (broad SMARTS) is 1. The fourth-order valence-electron chi connectivity index (χ4n) is 2.35. The Labute approximate surface area is 171 Å². The van der Waals surface area contributed by atoms with E-state index in [-0.39, 0.29) is 6.61 Å². The molecule has 0 saturated heterocycles. The van der Waals surface area contributed by atoms with Crippen LogP contribution in [0.2, 0.25) is 0 Å². The standard InChI is InChI=1S/C19H25F3N2O6/c1-18(2,3)30-15(25)10-24(12-19(20,21)22)9-14(16(26)27)23-17(28)29-11-13-7-5-4-6-8-13/h4-8,14H,9-12H2,1-3H3,(H,23,28)(H,26,27)/t14-/m0/s1. The molecule has 0 aliphatic heterocycles. The van der Waals surface area contributed by atoms with Crippen molar-refractivity contribution in [3.8, 4) is 0 Å². The van der Waals surface area contributed by atoms with E-state index in [1.54, 1.807) is 51.1 Å². The molecule has 0 saturated carbocycles. The van der Waals surface area contributed by atoms with Crippen molar-refractivity contribution in [3.05, 3.63) is 35.9 Å². The number of aliphatic carboxylic acids is 1. The highest BCUT2D eigenvalue weighted by Crippen LogP contribution is 2.17. The number of carboxylic acids is 1. The van der Waals surface area contributed by atoms with E-state index in [0.717, 1.165) is 0 Å². The Morgan fingerprint density at radius 3 is 2.23 bits per heavy atom. The van der Waals surface area contributed by atoms with Gasteiger partial charge in [-0.15, -0.1) is 0 Å². The fraction of sp³-hybridized carbons (Fsp3) is 0.526. The van der Waals surface area contributed by atoms with Crippen molar-refractivity contribution in [2.24, 2.45) is 0 Å². The van der Waals surface area contributed by atoms with Crippen LogP contribution in [0.4, 0.5) is 18.0 Å². The summed E-state index contributed by atoms with van der Waals surface area (Å²) in [6, 6.07) is 6.79. The van der Waals surface area contributed by atoms with Gasteiger partial charge in [-0.05, 0) is 26.3 Å². The first-order chi connectivity index (χ1) is 13.7. The molecule has 0 unspecified atom stereocenters. The van der Waals surface area contributed by atoms with E-state index in [1.165, 1.54) is 0 Å². The molecular weight excluding hydrogens is 409 g/mol. The van der Waals surface area contributed by atoms with Gasteiger partial charge in [0, 0.05) is 6.54 Å².